The van der Waals surface area contributed by atoms with Crippen LogP contribution in [0.15, 0.2) is 43.0 Å². The minimum atomic E-state index is -1.93. The summed E-state index contributed by atoms with van der Waals surface area (Å²) in [4.78, 5) is 260. The molecule has 774 valence electrons. The molecule has 0 bridgehead atoms. The van der Waals surface area contributed by atoms with Crippen molar-refractivity contribution in [2.24, 2.45) is 35.1 Å². The SMILES string of the molecule is CCCCCCCCCCCCCC(=O)NCC(=O)N[C@@H](CCC(N)=O)C(=O)N[C@H](C(=O)N[C@H](C(=O)N[C@H](C(=O)N[C@H](C(=O)N1CCC[C@H]1C(=O)N[C@@H](CC(C)C)C(=O)N[C@@H](CO)C(=O)N[C@@H](CC(C)C)C(=O)N[C@H](C(=O)N[C@@H](CC(C)C)C(=O)NCC(=O)N[C@@H](Cc1cnc[nH]1)C(=O)N[C@@H](Cc1c[nH]c2ccccc12)C(=O)N[C@@H](CCCCN)C(=O)O)[C@@H](C)O)[C@@H](C)O)[C@@H](C)O)C(C)C)[C@@H](C)O. The molecule has 0 saturated carbocycles. The first-order valence-electron chi connectivity index (χ1n) is 48.1. The Labute approximate surface area is 805 Å². The molecule has 18 atom stereocenters. The van der Waals surface area contributed by atoms with Crippen molar-refractivity contribution in [3.05, 3.63) is 54.2 Å². The van der Waals surface area contributed by atoms with Gasteiger partial charge in [0.25, 0.3) is 0 Å². The number of likely N-dealkylation sites (tertiary alicyclic amines) is 1. The van der Waals surface area contributed by atoms with Gasteiger partial charge < -0.3 is 137 Å². The average molecular weight is 1950 g/mol. The van der Waals surface area contributed by atoms with E-state index in [1.165, 1.54) is 64.9 Å². The molecule has 17 amide bonds. The maximum absolute atomic E-state index is 14.6. The molecule has 3 aromatic rings. The van der Waals surface area contributed by atoms with E-state index in [4.69, 9.17) is 11.5 Å². The molecule has 0 spiro atoms. The Morgan fingerprint density at radius 2 is 0.877 bits per heavy atom. The maximum atomic E-state index is 14.6. The summed E-state index contributed by atoms with van der Waals surface area (Å²) in [5.41, 5.74) is 12.7. The number of unbranched alkanes of at least 4 members (excludes halogenated alkanes) is 11. The summed E-state index contributed by atoms with van der Waals surface area (Å²) >= 11 is 0. The van der Waals surface area contributed by atoms with E-state index in [0.717, 1.165) is 63.8 Å². The number of hydrogen-bond donors (Lipinski definition) is 25. The molecule has 45 heteroatoms. The van der Waals surface area contributed by atoms with Crippen molar-refractivity contribution in [3.63, 3.8) is 0 Å². The molecule has 1 aliphatic rings. The summed E-state index contributed by atoms with van der Waals surface area (Å²) in [6, 6.07) is -15.3. The molecule has 3 heterocycles. The van der Waals surface area contributed by atoms with Gasteiger partial charge in [0.05, 0.1) is 50.4 Å². The number of fused-ring (bicyclic) bond motifs is 1. The van der Waals surface area contributed by atoms with Gasteiger partial charge in [-0.1, -0.05) is 145 Å². The van der Waals surface area contributed by atoms with E-state index in [9.17, 15) is 117 Å². The fourth-order valence-corrected chi connectivity index (χ4v) is 15.6. The molecular formula is C93H153N21O24. The number of carboxylic acid groups (broad SMARTS) is 1. The number of amides is 17. The number of carbonyl (C=O) groups excluding carboxylic acids is 17. The number of nitrogens with one attached hydrogen (secondary N) is 17. The minimum Gasteiger partial charge on any atom is -0.480 e. The van der Waals surface area contributed by atoms with Crippen LogP contribution in [0.1, 0.15) is 243 Å². The number of aromatic amines is 2. The van der Waals surface area contributed by atoms with Crippen LogP contribution in [0, 0.1) is 23.7 Å². The summed E-state index contributed by atoms with van der Waals surface area (Å²) in [6.07, 6.45) is 9.04. The van der Waals surface area contributed by atoms with E-state index < -0.39 is 247 Å². The monoisotopic (exact) mass is 1950 g/mol. The highest BCUT2D eigenvalue weighted by Crippen LogP contribution is 2.24. The molecule has 27 N–H and O–H groups in total. The first-order chi connectivity index (χ1) is 65.2. The van der Waals surface area contributed by atoms with Crippen LogP contribution in [0.4, 0.5) is 0 Å². The number of nitrogens with two attached hydrogens (primary N) is 2. The van der Waals surface area contributed by atoms with Crippen LogP contribution in [-0.2, 0) is 99.1 Å². The standard InChI is InChI=1S/C93H153N21O24/c1-14-15-16-17-18-19-20-21-22-23-24-34-72(121)98-46-73(122)101-62(35-36-71(95)120)81(125)110-77(55(11)117)90(134)109-75(53(8)9)88(132)112-78(56(12)118)91(135)113-79(57(13)119)92(136)114-38-29-33-70(114)87(131)106-65(40-51(4)5)82(126)108-69(48-115)86(130)104-66(41-52(6)7)85(129)111-76(54(10)116)89(133)107-64(39-50(2)3)80(124)99-47-74(123)102-68(43-59-45-96-49-100-59)84(128)105-67(42-58-44-97-61-31-26-25-30-60(58)61)83(127)103-63(93(137)138)32-27-28-37-94/h25-26,30-31,44-45,49-57,62-70,75-79,97,115-119H,14-24,27-29,32-43,46-48,94H2,1-13H3,(H2,95,120)(H,96,100)(H,98,121)(H,99,124)(H,101,122)(H,102,123)(H,103,127)(H,104,130)(H,105,128)(H,106,131)(H,107,133)(H,108,126)(H,109,134)(H,110,125)(H,111,129)(H,112,132)(H,113,135)(H,137,138)/t54-,55-,56-,57-,62+,63+,64+,65+,66+,67+,68+,69+,70+,75+,76+,77+,78+,79+/m1/s1. The lowest BCUT2D eigenvalue weighted by atomic mass is 10.0. The number of benzene rings is 1. The Hall–Kier alpha value is -11.8. The first-order valence-corrected chi connectivity index (χ1v) is 48.1. The van der Waals surface area contributed by atoms with Crippen molar-refractivity contribution >= 4 is 117 Å². The fourth-order valence-electron chi connectivity index (χ4n) is 15.6. The van der Waals surface area contributed by atoms with E-state index in [1.807, 2.05) is 0 Å². The second kappa shape index (κ2) is 61.5. The molecular weight excluding hydrogens is 1800 g/mol. The fraction of sp³-hybridized carbons (Fsp3) is 0.688. The van der Waals surface area contributed by atoms with Crippen molar-refractivity contribution in [2.45, 2.75) is 353 Å². The zero-order chi connectivity index (χ0) is 103. The summed E-state index contributed by atoms with van der Waals surface area (Å²) in [6.45, 7) is 17.6. The lowest BCUT2D eigenvalue weighted by Crippen LogP contribution is -2.64. The minimum absolute atomic E-state index is 0.0252. The van der Waals surface area contributed by atoms with Crippen molar-refractivity contribution in [1.29, 1.82) is 0 Å². The Morgan fingerprint density at radius 3 is 1.39 bits per heavy atom. The molecule has 1 aromatic carbocycles. The van der Waals surface area contributed by atoms with E-state index in [1.54, 1.807) is 72.0 Å². The Kier molecular flexibility index (Phi) is 52.8. The summed E-state index contributed by atoms with van der Waals surface area (Å²) in [5.74, 6) is -19.7. The first kappa shape index (κ1) is 118. The van der Waals surface area contributed by atoms with Crippen LogP contribution in [0.3, 0.4) is 0 Å². The predicted molar refractivity (Wildman–Crippen MR) is 507 cm³/mol. The number of primary amides is 1. The molecule has 4 rings (SSSR count). The third-order valence-electron chi connectivity index (χ3n) is 23.3. The third kappa shape index (κ3) is 41.9. The van der Waals surface area contributed by atoms with Crippen molar-refractivity contribution in [3.8, 4) is 0 Å². The van der Waals surface area contributed by atoms with Gasteiger partial charge in [-0.2, -0.15) is 0 Å². The number of carbonyl (C=O) groups is 18. The Morgan fingerprint density at radius 1 is 0.442 bits per heavy atom. The van der Waals surface area contributed by atoms with Gasteiger partial charge >= 0.3 is 5.97 Å². The largest absolute Gasteiger partial charge is 0.480 e. The quantitative estimate of drug-likeness (QED) is 0.0264. The highest BCUT2D eigenvalue weighted by Gasteiger charge is 2.44. The van der Waals surface area contributed by atoms with Gasteiger partial charge in [-0.05, 0) is 134 Å². The van der Waals surface area contributed by atoms with Crippen LogP contribution < -0.4 is 91.2 Å². The van der Waals surface area contributed by atoms with Crippen molar-refractivity contribution in [2.75, 3.05) is 32.8 Å². The number of aliphatic carboxylic acids is 1. The van der Waals surface area contributed by atoms with E-state index in [2.05, 4.69) is 102 Å². The molecule has 0 aliphatic carbocycles. The number of para-hydroxylation sites is 1. The molecule has 0 radical (unpaired) electrons. The maximum Gasteiger partial charge on any atom is 0.326 e. The topological polar surface area (TPSA) is 709 Å². The van der Waals surface area contributed by atoms with Crippen LogP contribution in [0.2, 0.25) is 0 Å². The highest BCUT2D eigenvalue weighted by molar-refractivity contribution is 6.02. The Balaban J connectivity index is 1.42. The number of rotatable bonds is 66. The number of carboxylic acids is 1. The zero-order valence-electron chi connectivity index (χ0n) is 81.8. The second-order valence-corrected chi connectivity index (χ2v) is 37.3. The van der Waals surface area contributed by atoms with Crippen molar-refractivity contribution in [1.82, 2.24) is 99.6 Å². The van der Waals surface area contributed by atoms with E-state index >= 15 is 0 Å². The van der Waals surface area contributed by atoms with Crippen molar-refractivity contribution < 1.29 is 117 Å². The van der Waals surface area contributed by atoms with Gasteiger partial charge in [0.15, 0.2) is 0 Å². The average Bonchev–Trinajstić information content (AvgIpc) is 1.66. The van der Waals surface area contributed by atoms with Crippen LogP contribution in [-0.4, -0.2) is 299 Å². The highest BCUT2D eigenvalue weighted by atomic mass is 16.4. The van der Waals surface area contributed by atoms with E-state index in [-0.39, 0.29) is 95.1 Å². The molecule has 2 aromatic heterocycles. The number of imidazole rings is 1. The van der Waals surface area contributed by atoms with Crippen LogP contribution >= 0.6 is 0 Å². The van der Waals surface area contributed by atoms with Gasteiger partial charge in [-0.3, -0.25) is 81.5 Å². The predicted octanol–water partition coefficient (Wildman–Crippen LogP) is -2.31. The number of nitrogens with zero attached hydrogens (tertiary/aromatic N) is 2. The molecule has 1 aliphatic heterocycles. The van der Waals surface area contributed by atoms with Gasteiger partial charge in [0.1, 0.15) is 84.6 Å². The van der Waals surface area contributed by atoms with Gasteiger partial charge in [0, 0.05) is 61.2 Å². The normalized spacial score (nSPS) is 16.3. The number of aromatic nitrogens is 3. The number of hydrogen-bond acceptors (Lipinski definition) is 25. The lowest BCUT2D eigenvalue weighted by molar-refractivity contribution is -0.145. The second-order valence-electron chi connectivity index (χ2n) is 37.3. The summed E-state index contributed by atoms with van der Waals surface area (Å²) in [7, 11) is 0. The smallest absolute Gasteiger partial charge is 0.326 e. The van der Waals surface area contributed by atoms with Gasteiger partial charge in [-0.25, -0.2) is 9.78 Å². The summed E-state index contributed by atoms with van der Waals surface area (Å²) in [5, 5.41) is 103. The Bertz CT molecular complexity index is 4450. The summed E-state index contributed by atoms with van der Waals surface area (Å²) < 4.78 is 0. The van der Waals surface area contributed by atoms with Gasteiger partial charge in [0.2, 0.25) is 100 Å². The molecule has 1 saturated heterocycles. The number of aliphatic hydroxyl groups excluding tert-OH is 5. The van der Waals surface area contributed by atoms with Gasteiger partial charge in [-0.15, -0.1) is 0 Å². The lowest BCUT2D eigenvalue weighted by Gasteiger charge is -2.33. The number of H-pyrrole nitrogens is 2. The zero-order valence-corrected chi connectivity index (χ0v) is 81.8. The molecule has 45 nitrogen and oxygen atoms in total. The number of aliphatic hydroxyl groups is 5. The molecule has 0 unspecified atom stereocenters. The third-order valence-corrected chi connectivity index (χ3v) is 23.3. The molecule has 1 fully saturated rings. The van der Waals surface area contributed by atoms with Crippen LogP contribution in [0.5, 0.6) is 0 Å². The van der Waals surface area contributed by atoms with E-state index in [0.29, 0.717) is 35.9 Å². The molecule has 138 heavy (non-hydrogen) atoms. The van der Waals surface area contributed by atoms with Crippen LogP contribution in [0.25, 0.3) is 10.9 Å².